The summed E-state index contributed by atoms with van der Waals surface area (Å²) in [6.07, 6.45) is 1.69. The molecule has 0 spiro atoms. The molecule has 2 aromatic heterocycles. The maximum Gasteiger partial charge on any atom is 0.362 e. The predicted molar refractivity (Wildman–Crippen MR) is 80.2 cm³/mol. The summed E-state index contributed by atoms with van der Waals surface area (Å²) < 4.78 is 6.62. The van der Waals surface area contributed by atoms with Crippen molar-refractivity contribution in [3.8, 4) is 5.88 Å². The molecule has 0 saturated heterocycles. The van der Waals surface area contributed by atoms with Gasteiger partial charge < -0.3 is 9.64 Å². The zero-order valence-electron chi connectivity index (χ0n) is 13.4. The van der Waals surface area contributed by atoms with Gasteiger partial charge in [0.1, 0.15) is 0 Å². The number of nitro groups is 1. The van der Waals surface area contributed by atoms with Crippen LogP contribution in [0.25, 0.3) is 0 Å². The lowest BCUT2D eigenvalue weighted by molar-refractivity contribution is -0.386. The fourth-order valence-corrected chi connectivity index (χ4v) is 2.26. The Morgan fingerprint density at radius 3 is 2.78 bits per heavy atom. The number of methoxy groups -OCH3 is 1. The van der Waals surface area contributed by atoms with E-state index in [0.29, 0.717) is 0 Å². The standard InChI is InChI=1S/C13H18N6O4/c1-5-18-8(2)9(6-14-18)7-17(3)13(20)10-11(19(21)22)12(23-4)16-15-10/h6H,5,7H2,1-4H3,(H,15,16). The zero-order valence-corrected chi connectivity index (χ0v) is 13.4. The number of aromatic amines is 1. The molecule has 2 aromatic rings. The Bertz CT molecular complexity index is 735. The van der Waals surface area contributed by atoms with Crippen LogP contribution in [0.15, 0.2) is 6.20 Å². The summed E-state index contributed by atoms with van der Waals surface area (Å²) in [5, 5.41) is 21.4. The molecule has 0 unspecified atom stereocenters. The lowest BCUT2D eigenvalue weighted by Crippen LogP contribution is -2.27. The fraction of sp³-hybridized carbons (Fsp3) is 0.462. The third-order valence-corrected chi connectivity index (χ3v) is 3.56. The first-order chi connectivity index (χ1) is 10.9. The summed E-state index contributed by atoms with van der Waals surface area (Å²) >= 11 is 0. The van der Waals surface area contributed by atoms with E-state index in [2.05, 4.69) is 15.3 Å². The van der Waals surface area contributed by atoms with Crippen molar-refractivity contribution in [2.24, 2.45) is 0 Å². The minimum atomic E-state index is -0.691. The molecule has 0 atom stereocenters. The molecule has 23 heavy (non-hydrogen) atoms. The van der Waals surface area contributed by atoms with Crippen molar-refractivity contribution in [3.05, 3.63) is 33.3 Å². The maximum absolute atomic E-state index is 12.5. The number of amides is 1. The lowest BCUT2D eigenvalue weighted by Gasteiger charge is -2.15. The monoisotopic (exact) mass is 322 g/mol. The van der Waals surface area contributed by atoms with Crippen LogP contribution in [0.2, 0.25) is 0 Å². The normalized spacial score (nSPS) is 10.6. The molecule has 0 aliphatic rings. The first kappa shape index (κ1) is 16.5. The van der Waals surface area contributed by atoms with Crippen molar-refractivity contribution in [2.45, 2.75) is 26.9 Å². The third-order valence-electron chi connectivity index (χ3n) is 3.56. The molecule has 10 heteroatoms. The van der Waals surface area contributed by atoms with Gasteiger partial charge in [0.15, 0.2) is 0 Å². The molecule has 1 amide bonds. The van der Waals surface area contributed by atoms with E-state index in [1.54, 1.807) is 13.2 Å². The van der Waals surface area contributed by atoms with E-state index in [-0.39, 0.29) is 18.1 Å². The van der Waals surface area contributed by atoms with Gasteiger partial charge in [-0.1, -0.05) is 0 Å². The third kappa shape index (κ3) is 3.00. The number of carbonyl (C=O) groups is 1. The van der Waals surface area contributed by atoms with Gasteiger partial charge in [0, 0.05) is 31.4 Å². The Morgan fingerprint density at radius 2 is 2.26 bits per heavy atom. The highest BCUT2D eigenvalue weighted by Crippen LogP contribution is 2.28. The second-order valence-corrected chi connectivity index (χ2v) is 4.95. The van der Waals surface area contributed by atoms with Crippen molar-refractivity contribution in [3.63, 3.8) is 0 Å². The number of rotatable bonds is 6. The van der Waals surface area contributed by atoms with E-state index >= 15 is 0 Å². The van der Waals surface area contributed by atoms with E-state index < -0.39 is 16.5 Å². The Labute approximate surface area is 132 Å². The van der Waals surface area contributed by atoms with Crippen LogP contribution in [-0.2, 0) is 13.1 Å². The molecule has 2 heterocycles. The van der Waals surface area contributed by atoms with Gasteiger partial charge in [-0.05, 0) is 13.8 Å². The average molecular weight is 322 g/mol. The topological polar surface area (TPSA) is 119 Å². The maximum atomic E-state index is 12.5. The number of hydrogen-bond acceptors (Lipinski definition) is 6. The van der Waals surface area contributed by atoms with Gasteiger partial charge >= 0.3 is 11.6 Å². The van der Waals surface area contributed by atoms with Crippen LogP contribution in [0.3, 0.4) is 0 Å². The van der Waals surface area contributed by atoms with Crippen LogP contribution in [0.5, 0.6) is 5.88 Å². The molecule has 1 N–H and O–H groups in total. The van der Waals surface area contributed by atoms with Crippen LogP contribution < -0.4 is 4.74 Å². The van der Waals surface area contributed by atoms with Crippen LogP contribution >= 0.6 is 0 Å². The minimum Gasteiger partial charge on any atom is -0.475 e. The van der Waals surface area contributed by atoms with Gasteiger partial charge in [-0.2, -0.15) is 5.10 Å². The van der Waals surface area contributed by atoms with Crippen LogP contribution in [-0.4, -0.2) is 49.9 Å². The number of ether oxygens (including phenoxy) is 1. The molecule has 0 aliphatic carbocycles. The van der Waals surface area contributed by atoms with Crippen LogP contribution in [0.4, 0.5) is 5.69 Å². The highest BCUT2D eigenvalue weighted by atomic mass is 16.6. The van der Waals surface area contributed by atoms with E-state index in [1.165, 1.54) is 12.0 Å². The van der Waals surface area contributed by atoms with E-state index in [1.807, 2.05) is 18.5 Å². The van der Waals surface area contributed by atoms with E-state index in [9.17, 15) is 14.9 Å². The molecule has 2 rings (SSSR count). The zero-order chi connectivity index (χ0) is 17.1. The summed E-state index contributed by atoms with van der Waals surface area (Å²) in [7, 11) is 2.81. The van der Waals surface area contributed by atoms with Gasteiger partial charge in [0.2, 0.25) is 5.69 Å². The second-order valence-electron chi connectivity index (χ2n) is 4.95. The van der Waals surface area contributed by atoms with Crippen LogP contribution in [0.1, 0.15) is 28.7 Å². The smallest absolute Gasteiger partial charge is 0.362 e. The highest BCUT2D eigenvalue weighted by molar-refractivity contribution is 5.96. The number of hydrogen-bond donors (Lipinski definition) is 1. The summed E-state index contributed by atoms with van der Waals surface area (Å²) in [5.74, 6) is -0.766. The summed E-state index contributed by atoms with van der Waals surface area (Å²) in [6.45, 7) is 4.89. The lowest BCUT2D eigenvalue weighted by atomic mass is 10.2. The van der Waals surface area contributed by atoms with Gasteiger partial charge in [-0.3, -0.25) is 24.7 Å². The Hall–Kier alpha value is -2.91. The molecular formula is C13H18N6O4. The van der Waals surface area contributed by atoms with Crippen molar-refractivity contribution in [2.75, 3.05) is 14.2 Å². The van der Waals surface area contributed by atoms with Crippen LogP contribution in [0, 0.1) is 17.0 Å². The van der Waals surface area contributed by atoms with Crippen molar-refractivity contribution in [1.82, 2.24) is 24.9 Å². The molecule has 0 radical (unpaired) electrons. The summed E-state index contributed by atoms with van der Waals surface area (Å²) in [6, 6.07) is 0. The molecule has 0 fully saturated rings. The summed E-state index contributed by atoms with van der Waals surface area (Å²) in [4.78, 5) is 24.3. The van der Waals surface area contributed by atoms with Crippen molar-refractivity contribution >= 4 is 11.6 Å². The number of aromatic nitrogens is 4. The average Bonchev–Trinajstić information content (AvgIpc) is 3.10. The predicted octanol–water partition coefficient (Wildman–Crippen LogP) is 1.12. The second kappa shape index (κ2) is 6.46. The van der Waals surface area contributed by atoms with Crippen molar-refractivity contribution < 1.29 is 14.5 Å². The minimum absolute atomic E-state index is 0.213. The Morgan fingerprint density at radius 1 is 1.57 bits per heavy atom. The highest BCUT2D eigenvalue weighted by Gasteiger charge is 2.31. The Kier molecular flexibility index (Phi) is 4.63. The number of carbonyl (C=O) groups excluding carboxylic acids is 1. The van der Waals surface area contributed by atoms with E-state index in [0.717, 1.165) is 17.8 Å². The molecule has 0 aromatic carbocycles. The largest absolute Gasteiger partial charge is 0.475 e. The van der Waals surface area contributed by atoms with Gasteiger partial charge in [0.05, 0.1) is 18.2 Å². The SMILES string of the molecule is CCn1ncc(CN(C)C(=O)c2[nH]nc(OC)c2[N+](=O)[O-])c1C. The number of aryl methyl sites for hydroxylation is 1. The number of nitrogens with zero attached hydrogens (tertiary/aromatic N) is 5. The van der Waals surface area contributed by atoms with Gasteiger partial charge in [-0.25, -0.2) is 0 Å². The number of nitrogens with one attached hydrogen (secondary N) is 1. The van der Waals surface area contributed by atoms with Gasteiger partial charge in [0.25, 0.3) is 5.91 Å². The van der Waals surface area contributed by atoms with Crippen molar-refractivity contribution in [1.29, 1.82) is 0 Å². The first-order valence-electron chi connectivity index (χ1n) is 6.94. The molecule has 0 aliphatic heterocycles. The summed E-state index contributed by atoms with van der Waals surface area (Å²) in [5.41, 5.74) is 1.14. The van der Waals surface area contributed by atoms with Gasteiger partial charge in [-0.15, -0.1) is 5.10 Å². The molecule has 10 nitrogen and oxygen atoms in total. The molecule has 0 bridgehead atoms. The molecule has 124 valence electrons. The Balaban J connectivity index is 2.25. The first-order valence-corrected chi connectivity index (χ1v) is 6.94. The number of H-pyrrole nitrogens is 1. The molecule has 0 saturated carbocycles. The molecular weight excluding hydrogens is 304 g/mol. The fourth-order valence-electron chi connectivity index (χ4n) is 2.26. The van der Waals surface area contributed by atoms with E-state index in [4.69, 9.17) is 4.74 Å². The quantitative estimate of drug-likeness (QED) is 0.629.